The third-order valence-electron chi connectivity index (χ3n) is 13.3. The molecule has 3 aromatic rings. The number of fused-ring (bicyclic) bond motifs is 1. The predicted octanol–water partition coefficient (Wildman–Crippen LogP) is 5.40. The first-order valence-corrected chi connectivity index (χ1v) is 21.0. The quantitative estimate of drug-likeness (QED) is 0.268. The number of benzene rings is 3. The van der Waals surface area contributed by atoms with Crippen LogP contribution in [0.2, 0.25) is 5.02 Å². The van der Waals surface area contributed by atoms with E-state index in [2.05, 4.69) is 54.2 Å². The molecule has 5 aliphatic rings. The van der Waals surface area contributed by atoms with Crippen molar-refractivity contribution in [1.82, 2.24) is 20.4 Å². The summed E-state index contributed by atoms with van der Waals surface area (Å²) in [6.45, 7) is 13.6. The molecule has 5 amide bonds. The minimum absolute atomic E-state index is 0.00460. The van der Waals surface area contributed by atoms with Gasteiger partial charge in [0.25, 0.3) is 17.7 Å². The van der Waals surface area contributed by atoms with Gasteiger partial charge in [-0.2, -0.15) is 5.26 Å². The first-order chi connectivity index (χ1) is 28.6. The third kappa shape index (κ3) is 7.36. The van der Waals surface area contributed by atoms with Crippen molar-refractivity contribution in [3.8, 4) is 11.8 Å². The number of piperidine rings is 2. The van der Waals surface area contributed by atoms with Gasteiger partial charge in [-0.05, 0) is 73.7 Å². The third-order valence-corrected chi connectivity index (χ3v) is 13.6. The zero-order valence-corrected chi connectivity index (χ0v) is 35.0. The van der Waals surface area contributed by atoms with E-state index in [9.17, 15) is 29.2 Å². The lowest BCUT2D eigenvalue weighted by Gasteiger charge is -2.63. The van der Waals surface area contributed by atoms with Gasteiger partial charge in [-0.15, -0.1) is 0 Å². The molecule has 8 rings (SSSR count). The van der Waals surface area contributed by atoms with E-state index in [0.717, 1.165) is 56.2 Å². The number of piperazine rings is 1. The van der Waals surface area contributed by atoms with Crippen molar-refractivity contribution >= 4 is 52.5 Å². The molecule has 1 saturated carbocycles. The summed E-state index contributed by atoms with van der Waals surface area (Å²) in [7, 11) is 0. The van der Waals surface area contributed by atoms with Crippen LogP contribution in [0.3, 0.4) is 0 Å². The number of imide groups is 2. The second-order valence-electron chi connectivity index (χ2n) is 17.8. The molecule has 0 radical (unpaired) electrons. The van der Waals surface area contributed by atoms with Crippen molar-refractivity contribution in [2.75, 3.05) is 55.6 Å². The highest BCUT2D eigenvalue weighted by molar-refractivity contribution is 6.31. The summed E-state index contributed by atoms with van der Waals surface area (Å²) in [6, 6.07) is 16.6. The first-order valence-electron chi connectivity index (χ1n) is 20.6. The molecular weight excluding hydrogens is 789 g/mol. The molecule has 0 spiro atoms. The maximum atomic E-state index is 16.0. The summed E-state index contributed by atoms with van der Waals surface area (Å²) in [4.78, 5) is 71.4. The Morgan fingerprint density at radius 1 is 0.900 bits per heavy atom. The molecule has 1 unspecified atom stereocenters. The fraction of sp³-hybridized carbons (Fsp3) is 0.467. The summed E-state index contributed by atoms with van der Waals surface area (Å²) < 4.78 is 22.3. The molecule has 0 aromatic heterocycles. The Balaban J connectivity index is 0.800. The summed E-state index contributed by atoms with van der Waals surface area (Å²) in [5.74, 6) is -2.56. The number of anilines is 2. The van der Waals surface area contributed by atoms with Crippen molar-refractivity contribution < 1.29 is 33.1 Å². The van der Waals surface area contributed by atoms with E-state index in [1.54, 1.807) is 18.2 Å². The molecular formula is C45H49ClFN7O6. The van der Waals surface area contributed by atoms with Crippen LogP contribution in [0.5, 0.6) is 5.75 Å². The van der Waals surface area contributed by atoms with Gasteiger partial charge in [0.05, 0.1) is 27.4 Å². The predicted molar refractivity (Wildman–Crippen MR) is 223 cm³/mol. The standard InChI is InChI=1S/C45H49ClFN7O6/c1-44(2)42(45(3,4)43(44)60-30-10-7-28(24-48)32(46)23-30)50-38(56)27-5-8-29(9-6-27)52-17-15-26(16-18-52)25-51-19-21-53(22-20-51)33-12-11-31-36(37(33)47)41(59)54(40(31)58)34-13-14-35(55)49-39(34)57/h5-12,23,26,34,42-43H,13-22,25H2,1-4H3,(H,50,56)(H,49,55,57)/t34?,42-,43-. The van der Waals surface area contributed by atoms with Crippen LogP contribution in [0.15, 0.2) is 54.6 Å². The monoisotopic (exact) mass is 837 g/mol. The van der Waals surface area contributed by atoms with E-state index in [-0.39, 0.29) is 58.5 Å². The van der Waals surface area contributed by atoms with Gasteiger partial charge >= 0.3 is 0 Å². The average molecular weight is 838 g/mol. The number of nitriles is 1. The zero-order chi connectivity index (χ0) is 42.7. The van der Waals surface area contributed by atoms with Crippen LogP contribution in [0, 0.1) is 33.9 Å². The lowest BCUT2D eigenvalue weighted by atomic mass is 9.49. The number of halogens is 2. The average Bonchev–Trinajstić information content (AvgIpc) is 3.48. The van der Waals surface area contributed by atoms with Gasteiger partial charge in [0.2, 0.25) is 11.8 Å². The minimum atomic E-state index is -1.15. The molecule has 0 bridgehead atoms. The highest BCUT2D eigenvalue weighted by Crippen LogP contribution is 2.55. The van der Waals surface area contributed by atoms with Gasteiger partial charge in [-0.25, -0.2) is 4.39 Å². The molecule has 1 aliphatic carbocycles. The molecule has 15 heteroatoms. The Kier molecular flexibility index (Phi) is 10.9. The number of carbonyl (C=O) groups is 5. The number of amides is 5. The molecule has 3 aromatic carbocycles. The van der Waals surface area contributed by atoms with Crippen LogP contribution in [0.25, 0.3) is 0 Å². The molecule has 60 heavy (non-hydrogen) atoms. The smallest absolute Gasteiger partial charge is 0.265 e. The number of rotatable bonds is 9. The van der Waals surface area contributed by atoms with Gasteiger partial charge in [-0.1, -0.05) is 39.3 Å². The zero-order valence-electron chi connectivity index (χ0n) is 34.2. The highest BCUT2D eigenvalue weighted by atomic mass is 35.5. The second-order valence-corrected chi connectivity index (χ2v) is 18.2. The molecule has 2 N–H and O–H groups in total. The van der Waals surface area contributed by atoms with Crippen molar-refractivity contribution in [3.05, 3.63) is 87.7 Å². The van der Waals surface area contributed by atoms with Gasteiger partial charge in [0, 0.05) is 86.4 Å². The van der Waals surface area contributed by atoms with E-state index >= 15 is 4.39 Å². The van der Waals surface area contributed by atoms with E-state index in [0.29, 0.717) is 40.9 Å². The highest BCUT2D eigenvalue weighted by Gasteiger charge is 2.64. The number of ether oxygens (including phenoxy) is 1. The Bertz CT molecular complexity index is 2280. The van der Waals surface area contributed by atoms with Gasteiger partial charge in [-0.3, -0.25) is 39.1 Å². The topological polar surface area (TPSA) is 155 Å². The Hall–Kier alpha value is -5.52. The summed E-state index contributed by atoms with van der Waals surface area (Å²) >= 11 is 6.25. The van der Waals surface area contributed by atoms with E-state index in [4.69, 9.17) is 16.3 Å². The summed E-state index contributed by atoms with van der Waals surface area (Å²) in [5, 5.41) is 15.0. The van der Waals surface area contributed by atoms with E-state index in [1.165, 1.54) is 12.1 Å². The van der Waals surface area contributed by atoms with Gasteiger partial charge < -0.3 is 19.9 Å². The lowest BCUT2D eigenvalue weighted by Crippen LogP contribution is -2.74. The first kappa shape index (κ1) is 41.2. The Labute approximate surface area is 353 Å². The van der Waals surface area contributed by atoms with E-state index < -0.39 is 35.5 Å². The number of nitrogens with zero attached hydrogens (tertiary/aromatic N) is 5. The van der Waals surface area contributed by atoms with Crippen LogP contribution < -0.4 is 25.2 Å². The van der Waals surface area contributed by atoms with Crippen LogP contribution in [-0.2, 0) is 9.59 Å². The second kappa shape index (κ2) is 15.8. The molecule has 3 saturated heterocycles. The van der Waals surface area contributed by atoms with Crippen molar-refractivity contribution in [2.24, 2.45) is 16.7 Å². The molecule has 4 heterocycles. The van der Waals surface area contributed by atoms with Gasteiger partial charge in [0.1, 0.15) is 24.0 Å². The number of carbonyl (C=O) groups excluding carboxylic acids is 5. The summed E-state index contributed by atoms with van der Waals surface area (Å²) in [5.41, 5.74) is 1.21. The fourth-order valence-corrected chi connectivity index (χ4v) is 10.5. The van der Waals surface area contributed by atoms with Crippen molar-refractivity contribution in [3.63, 3.8) is 0 Å². The van der Waals surface area contributed by atoms with Gasteiger partial charge in [0.15, 0.2) is 5.82 Å². The van der Waals surface area contributed by atoms with Crippen LogP contribution in [-0.4, -0.2) is 103 Å². The molecule has 4 aliphatic heterocycles. The Morgan fingerprint density at radius 2 is 1.58 bits per heavy atom. The van der Waals surface area contributed by atoms with E-state index in [1.807, 2.05) is 29.2 Å². The number of nitrogens with one attached hydrogen (secondary N) is 2. The lowest BCUT2D eigenvalue weighted by molar-refractivity contribution is -0.164. The minimum Gasteiger partial charge on any atom is -0.489 e. The molecule has 13 nitrogen and oxygen atoms in total. The van der Waals surface area contributed by atoms with Crippen LogP contribution >= 0.6 is 11.6 Å². The SMILES string of the molecule is CC1(C)[C@H](NC(=O)c2ccc(N3CCC(CN4CCN(c5ccc6c(c5F)C(=O)N(C5CCC(=O)NC5=O)C6=O)CC4)CC3)cc2)C(C)(C)[C@H]1Oc1ccc(C#N)c(Cl)c1. The van der Waals surface area contributed by atoms with Crippen LogP contribution in [0.1, 0.15) is 90.0 Å². The Morgan fingerprint density at radius 3 is 2.22 bits per heavy atom. The summed E-state index contributed by atoms with van der Waals surface area (Å²) in [6.07, 6.45) is 1.85. The number of hydrogen-bond acceptors (Lipinski definition) is 10. The maximum absolute atomic E-state index is 16.0. The number of hydrogen-bond donors (Lipinski definition) is 2. The van der Waals surface area contributed by atoms with Crippen molar-refractivity contribution in [2.45, 2.75) is 71.6 Å². The molecule has 4 fully saturated rings. The normalized spacial score (nSPS) is 24.1. The fourth-order valence-electron chi connectivity index (χ4n) is 10.3. The van der Waals surface area contributed by atoms with Crippen molar-refractivity contribution in [1.29, 1.82) is 5.26 Å². The molecule has 314 valence electrons. The molecule has 1 atom stereocenters. The van der Waals surface area contributed by atoms with Crippen LogP contribution in [0.4, 0.5) is 15.8 Å². The largest absolute Gasteiger partial charge is 0.489 e. The maximum Gasteiger partial charge on any atom is 0.265 e.